The number of phenols is 1. The lowest BCUT2D eigenvalue weighted by Gasteiger charge is -2.47. The van der Waals surface area contributed by atoms with E-state index in [9.17, 15) is 9.90 Å². The molecule has 5 rings (SSSR count). The molecule has 0 saturated carbocycles. The average molecular weight is 356 g/mol. The van der Waals surface area contributed by atoms with Crippen molar-refractivity contribution >= 4 is 11.6 Å². The molecular formula is C23H20N2O2. The Morgan fingerprint density at radius 1 is 0.963 bits per heavy atom. The number of phenolic OH excluding ortho intramolecular Hbond substituents is 1. The smallest absolute Gasteiger partial charge is 0.254 e. The molecule has 4 nitrogen and oxygen atoms in total. The molecule has 0 aromatic heterocycles. The summed E-state index contributed by atoms with van der Waals surface area (Å²) in [6.07, 6.45) is 0.523. The minimum absolute atomic E-state index is 0.0338. The molecule has 2 aliphatic rings. The van der Waals surface area contributed by atoms with Gasteiger partial charge in [0.2, 0.25) is 0 Å². The molecule has 2 heterocycles. The molecular weight excluding hydrogens is 336 g/mol. The normalized spacial score (nSPS) is 20.3. The van der Waals surface area contributed by atoms with Crippen molar-refractivity contribution in [2.24, 2.45) is 0 Å². The van der Waals surface area contributed by atoms with Crippen LogP contribution in [0, 0.1) is 0 Å². The van der Waals surface area contributed by atoms with E-state index in [1.165, 1.54) is 11.1 Å². The van der Waals surface area contributed by atoms with E-state index in [0.717, 1.165) is 23.4 Å². The van der Waals surface area contributed by atoms with Crippen molar-refractivity contribution < 1.29 is 9.90 Å². The summed E-state index contributed by atoms with van der Waals surface area (Å²) in [7, 11) is 0. The number of benzene rings is 3. The second kappa shape index (κ2) is 6.16. The number of carbonyl (C=O) groups excluding carboxylic acids is 1. The van der Waals surface area contributed by atoms with E-state index in [-0.39, 0.29) is 18.0 Å². The van der Waals surface area contributed by atoms with Crippen LogP contribution in [0.2, 0.25) is 0 Å². The highest BCUT2D eigenvalue weighted by Gasteiger charge is 2.40. The molecule has 2 N–H and O–H groups in total. The van der Waals surface area contributed by atoms with Gasteiger partial charge in [-0.25, -0.2) is 0 Å². The third kappa shape index (κ3) is 2.56. The number of hydrogen-bond acceptors (Lipinski definition) is 3. The fourth-order valence-corrected chi connectivity index (χ4v) is 4.39. The summed E-state index contributed by atoms with van der Waals surface area (Å²) in [5.41, 5.74) is 5.09. The summed E-state index contributed by atoms with van der Waals surface area (Å²) in [5.74, 6) is 0.323. The van der Waals surface area contributed by atoms with E-state index < -0.39 is 0 Å². The van der Waals surface area contributed by atoms with E-state index >= 15 is 0 Å². The number of hydrogen-bond donors (Lipinski definition) is 2. The van der Waals surface area contributed by atoms with Crippen LogP contribution in [0.1, 0.15) is 33.0 Å². The minimum Gasteiger partial charge on any atom is -0.508 e. The van der Waals surface area contributed by atoms with Gasteiger partial charge in [0.15, 0.2) is 0 Å². The summed E-state index contributed by atoms with van der Waals surface area (Å²) in [6.45, 7) is 0.759. The number of fused-ring (bicyclic) bond motifs is 4. The first-order valence-electron chi connectivity index (χ1n) is 9.23. The summed E-state index contributed by atoms with van der Waals surface area (Å²) >= 11 is 0. The Bertz CT molecular complexity index is 1030. The third-order valence-corrected chi connectivity index (χ3v) is 5.68. The van der Waals surface area contributed by atoms with Gasteiger partial charge in [-0.05, 0) is 41.3 Å². The summed E-state index contributed by atoms with van der Waals surface area (Å²) in [6, 6.07) is 23.6. The van der Waals surface area contributed by atoms with Gasteiger partial charge in [0, 0.05) is 12.5 Å². The Morgan fingerprint density at radius 3 is 2.59 bits per heavy atom. The molecule has 2 atom stereocenters. The van der Waals surface area contributed by atoms with Crippen LogP contribution in [0.4, 0.5) is 5.69 Å². The quantitative estimate of drug-likeness (QED) is 0.734. The number of para-hydroxylation sites is 2. The molecule has 2 aliphatic heterocycles. The predicted octanol–water partition coefficient (Wildman–Crippen LogP) is 3.81. The molecule has 0 fully saturated rings. The number of nitrogens with one attached hydrogen (secondary N) is 1. The lowest BCUT2D eigenvalue weighted by Crippen LogP contribution is -2.57. The largest absolute Gasteiger partial charge is 0.508 e. The Hall–Kier alpha value is -3.27. The molecule has 0 saturated heterocycles. The Morgan fingerprint density at radius 2 is 1.70 bits per heavy atom. The fraction of sp³-hybridized carbons (Fsp3) is 0.174. The molecule has 27 heavy (non-hydrogen) atoms. The van der Waals surface area contributed by atoms with Gasteiger partial charge in [-0.2, -0.15) is 0 Å². The molecule has 4 heteroatoms. The molecule has 0 bridgehead atoms. The molecule has 0 radical (unpaired) electrons. The van der Waals surface area contributed by atoms with E-state index in [1.807, 2.05) is 48.5 Å². The average Bonchev–Trinajstić information content (AvgIpc) is 2.70. The lowest BCUT2D eigenvalue weighted by molar-refractivity contribution is 0.0916. The highest BCUT2D eigenvalue weighted by atomic mass is 16.3. The number of rotatable bonds is 2. The van der Waals surface area contributed by atoms with Crippen LogP contribution >= 0.6 is 0 Å². The highest BCUT2D eigenvalue weighted by Crippen LogP contribution is 2.41. The maximum atomic E-state index is 12.7. The maximum absolute atomic E-state index is 12.7. The van der Waals surface area contributed by atoms with Crippen molar-refractivity contribution in [2.75, 3.05) is 4.90 Å². The SMILES string of the molecule is O=C1N[C@@H]2[C@H](Cc3ccccc3O)c3ccccc3CN2c2ccccc21. The first-order chi connectivity index (χ1) is 13.2. The lowest BCUT2D eigenvalue weighted by atomic mass is 9.81. The standard InChI is InChI=1S/C23H20N2O2/c26-21-12-6-2-7-15(21)13-19-17-9-3-1-8-16(17)14-25-20-11-5-4-10-18(20)23(27)24-22(19)25/h1-12,19,22,26H,13-14H2,(H,24,27)/t19-,22+/m1/s1. The van der Waals surface area contributed by atoms with Gasteiger partial charge >= 0.3 is 0 Å². The van der Waals surface area contributed by atoms with Gasteiger partial charge in [-0.3, -0.25) is 4.79 Å². The van der Waals surface area contributed by atoms with Crippen LogP contribution in [0.5, 0.6) is 5.75 Å². The second-order valence-electron chi connectivity index (χ2n) is 7.20. The van der Waals surface area contributed by atoms with Crippen LogP contribution in [0.15, 0.2) is 72.8 Å². The van der Waals surface area contributed by atoms with Crippen molar-refractivity contribution in [2.45, 2.75) is 25.0 Å². The fourth-order valence-electron chi connectivity index (χ4n) is 4.39. The van der Waals surface area contributed by atoms with Gasteiger partial charge in [0.1, 0.15) is 11.9 Å². The van der Waals surface area contributed by atoms with Gasteiger partial charge < -0.3 is 15.3 Å². The van der Waals surface area contributed by atoms with Crippen LogP contribution in [-0.2, 0) is 13.0 Å². The second-order valence-corrected chi connectivity index (χ2v) is 7.20. The molecule has 1 amide bonds. The molecule has 3 aromatic rings. The van der Waals surface area contributed by atoms with Crippen LogP contribution < -0.4 is 10.2 Å². The number of nitrogens with zero attached hydrogens (tertiary/aromatic N) is 1. The van der Waals surface area contributed by atoms with E-state index in [2.05, 4.69) is 28.4 Å². The highest BCUT2D eigenvalue weighted by molar-refractivity contribution is 6.02. The topological polar surface area (TPSA) is 52.6 Å². The summed E-state index contributed by atoms with van der Waals surface area (Å²) in [5, 5.41) is 13.5. The van der Waals surface area contributed by atoms with Crippen molar-refractivity contribution in [1.82, 2.24) is 5.32 Å². The summed E-state index contributed by atoms with van der Waals surface area (Å²) in [4.78, 5) is 15.0. The molecule has 0 aliphatic carbocycles. The molecule has 0 spiro atoms. The predicted molar refractivity (Wildman–Crippen MR) is 105 cm³/mol. The zero-order valence-corrected chi connectivity index (χ0v) is 14.8. The van der Waals surface area contributed by atoms with Gasteiger partial charge in [0.25, 0.3) is 5.91 Å². The van der Waals surface area contributed by atoms with Gasteiger partial charge in [-0.15, -0.1) is 0 Å². The van der Waals surface area contributed by atoms with Crippen LogP contribution in [-0.4, -0.2) is 17.2 Å². The van der Waals surface area contributed by atoms with Crippen LogP contribution in [0.25, 0.3) is 0 Å². The third-order valence-electron chi connectivity index (χ3n) is 5.68. The van der Waals surface area contributed by atoms with Crippen molar-refractivity contribution in [3.8, 4) is 5.75 Å². The first kappa shape index (κ1) is 15.9. The van der Waals surface area contributed by atoms with E-state index in [4.69, 9.17) is 0 Å². The molecule has 3 aromatic carbocycles. The zero-order chi connectivity index (χ0) is 18.4. The molecule has 134 valence electrons. The number of anilines is 1. The van der Waals surface area contributed by atoms with Crippen molar-refractivity contribution in [3.63, 3.8) is 0 Å². The zero-order valence-electron chi connectivity index (χ0n) is 14.8. The van der Waals surface area contributed by atoms with Gasteiger partial charge in [0.05, 0.1) is 11.3 Å². The maximum Gasteiger partial charge on any atom is 0.254 e. The Kier molecular flexibility index (Phi) is 3.64. The van der Waals surface area contributed by atoms with E-state index in [1.54, 1.807) is 6.07 Å². The number of carbonyl (C=O) groups is 1. The van der Waals surface area contributed by atoms with E-state index in [0.29, 0.717) is 12.2 Å². The summed E-state index contributed by atoms with van der Waals surface area (Å²) < 4.78 is 0. The van der Waals surface area contributed by atoms with Crippen molar-refractivity contribution in [3.05, 3.63) is 95.1 Å². The Labute approximate surface area is 158 Å². The van der Waals surface area contributed by atoms with Gasteiger partial charge in [-0.1, -0.05) is 54.6 Å². The Balaban J connectivity index is 1.63. The van der Waals surface area contributed by atoms with Crippen LogP contribution in [0.3, 0.4) is 0 Å². The minimum atomic E-state index is -0.137. The monoisotopic (exact) mass is 356 g/mol. The van der Waals surface area contributed by atoms with Crippen molar-refractivity contribution in [1.29, 1.82) is 0 Å². The number of aromatic hydroxyl groups is 1. The number of amides is 1. The molecule has 0 unspecified atom stereocenters. The first-order valence-corrected chi connectivity index (χ1v) is 9.23.